The fourth-order valence-corrected chi connectivity index (χ4v) is 4.42. The molecule has 0 aliphatic rings. The second kappa shape index (κ2) is 6.70. The summed E-state index contributed by atoms with van der Waals surface area (Å²) in [5.41, 5.74) is 7.10. The molecule has 0 unspecified atom stereocenters. The van der Waals surface area contributed by atoms with Crippen LogP contribution in [0.5, 0.6) is 0 Å². The predicted octanol–water partition coefficient (Wildman–Crippen LogP) is 4.38. The number of rotatable bonds is 4. The maximum atomic E-state index is 12.5. The maximum absolute atomic E-state index is 12.5. The first-order chi connectivity index (χ1) is 12.6. The third-order valence-electron chi connectivity index (χ3n) is 3.74. The minimum absolute atomic E-state index is 0.232. The summed E-state index contributed by atoms with van der Waals surface area (Å²) in [4.78, 5) is 29.9. The molecule has 0 radical (unpaired) electrons. The van der Waals surface area contributed by atoms with E-state index in [1.165, 1.54) is 11.3 Å². The van der Waals surface area contributed by atoms with E-state index in [4.69, 9.17) is 5.73 Å². The van der Waals surface area contributed by atoms with E-state index < -0.39 is 5.91 Å². The number of amides is 2. The molecule has 3 N–H and O–H groups in total. The minimum atomic E-state index is -0.532. The number of carbonyl (C=O) groups excluding carboxylic acids is 2. The Morgan fingerprint density at radius 3 is 2.62 bits per heavy atom. The Balaban J connectivity index is 1.56. The topological polar surface area (TPSA) is 85.1 Å². The van der Waals surface area contributed by atoms with Gasteiger partial charge in [-0.1, -0.05) is 18.2 Å². The number of para-hydroxylation sites is 1. The standard InChI is InChI=1S/C19H13N3O2S2/c20-17(23)11-4-3-5-12(10-11)21-18(24)15-8-9-16(25-15)19-22-13-6-1-2-7-14(13)26-19/h1-10H,(H2,20,23)(H,21,24). The Bertz CT molecular complexity index is 1100. The van der Waals surface area contributed by atoms with Crippen LogP contribution >= 0.6 is 22.7 Å². The summed E-state index contributed by atoms with van der Waals surface area (Å²) < 4.78 is 1.12. The van der Waals surface area contributed by atoms with Crippen LogP contribution in [0.25, 0.3) is 20.1 Å². The molecule has 2 aromatic heterocycles. The van der Waals surface area contributed by atoms with E-state index in [0.717, 1.165) is 20.1 Å². The summed E-state index contributed by atoms with van der Waals surface area (Å²) in [7, 11) is 0. The highest BCUT2D eigenvalue weighted by molar-refractivity contribution is 7.26. The van der Waals surface area contributed by atoms with Crippen molar-refractivity contribution < 1.29 is 9.59 Å². The third kappa shape index (κ3) is 3.22. The predicted molar refractivity (Wildman–Crippen MR) is 106 cm³/mol. The van der Waals surface area contributed by atoms with Gasteiger partial charge in [-0.2, -0.15) is 0 Å². The molecule has 0 spiro atoms. The van der Waals surface area contributed by atoms with Crippen LogP contribution in [-0.4, -0.2) is 16.8 Å². The summed E-state index contributed by atoms with van der Waals surface area (Å²) in [5, 5.41) is 3.69. The normalized spacial score (nSPS) is 10.8. The molecule has 2 amide bonds. The van der Waals surface area contributed by atoms with Crippen molar-refractivity contribution in [1.82, 2.24) is 4.98 Å². The van der Waals surface area contributed by atoms with Crippen molar-refractivity contribution in [2.24, 2.45) is 5.73 Å². The molecule has 0 saturated heterocycles. The zero-order valence-electron chi connectivity index (χ0n) is 13.4. The van der Waals surface area contributed by atoms with Crippen molar-refractivity contribution in [1.29, 1.82) is 0 Å². The fourth-order valence-electron chi connectivity index (χ4n) is 2.50. The molecule has 26 heavy (non-hydrogen) atoms. The Labute approximate surface area is 157 Å². The van der Waals surface area contributed by atoms with E-state index in [1.54, 1.807) is 41.7 Å². The zero-order valence-corrected chi connectivity index (χ0v) is 15.1. The highest BCUT2D eigenvalue weighted by Crippen LogP contribution is 2.34. The molecule has 0 aliphatic heterocycles. The van der Waals surface area contributed by atoms with Gasteiger partial charge >= 0.3 is 0 Å². The number of primary amides is 1. The average molecular weight is 379 g/mol. The Hall–Kier alpha value is -3.03. The third-order valence-corrected chi connectivity index (χ3v) is 6.03. The van der Waals surface area contributed by atoms with Crippen LogP contribution in [0.3, 0.4) is 0 Å². The number of benzene rings is 2. The number of nitrogens with two attached hydrogens (primary N) is 1. The van der Waals surface area contributed by atoms with E-state index in [0.29, 0.717) is 16.1 Å². The number of nitrogens with zero attached hydrogens (tertiary/aromatic N) is 1. The molecule has 0 saturated carbocycles. The highest BCUT2D eigenvalue weighted by Gasteiger charge is 2.14. The fraction of sp³-hybridized carbons (Fsp3) is 0. The monoisotopic (exact) mass is 379 g/mol. The zero-order chi connectivity index (χ0) is 18.1. The van der Waals surface area contributed by atoms with E-state index in [9.17, 15) is 9.59 Å². The summed E-state index contributed by atoms with van der Waals surface area (Å²) in [6.45, 7) is 0. The van der Waals surface area contributed by atoms with Crippen LogP contribution in [0, 0.1) is 0 Å². The van der Waals surface area contributed by atoms with Crippen LogP contribution < -0.4 is 11.1 Å². The van der Waals surface area contributed by atoms with Gasteiger partial charge < -0.3 is 11.1 Å². The van der Waals surface area contributed by atoms with Gasteiger partial charge in [-0.3, -0.25) is 9.59 Å². The molecule has 2 aromatic carbocycles. The van der Waals surface area contributed by atoms with Crippen molar-refractivity contribution in [3.8, 4) is 9.88 Å². The van der Waals surface area contributed by atoms with Crippen molar-refractivity contribution in [2.45, 2.75) is 0 Å². The van der Waals surface area contributed by atoms with Crippen LogP contribution in [0.15, 0.2) is 60.7 Å². The van der Waals surface area contributed by atoms with Crippen molar-refractivity contribution in [2.75, 3.05) is 5.32 Å². The number of hydrogen-bond acceptors (Lipinski definition) is 5. The van der Waals surface area contributed by atoms with Gasteiger partial charge in [0.2, 0.25) is 5.91 Å². The molecule has 128 valence electrons. The number of hydrogen-bond donors (Lipinski definition) is 2. The van der Waals surface area contributed by atoms with Crippen LogP contribution in [0.1, 0.15) is 20.0 Å². The lowest BCUT2D eigenvalue weighted by atomic mass is 10.2. The van der Waals surface area contributed by atoms with Gasteiger partial charge in [0, 0.05) is 11.3 Å². The molecule has 0 aliphatic carbocycles. The summed E-state index contributed by atoms with van der Waals surface area (Å²) in [5.74, 6) is -0.765. The summed E-state index contributed by atoms with van der Waals surface area (Å²) >= 11 is 2.98. The number of anilines is 1. The van der Waals surface area contributed by atoms with Gasteiger partial charge in [-0.15, -0.1) is 22.7 Å². The molecule has 0 atom stereocenters. The van der Waals surface area contributed by atoms with Gasteiger partial charge in [0.25, 0.3) is 5.91 Å². The molecular formula is C19H13N3O2S2. The van der Waals surface area contributed by atoms with Crippen molar-refractivity contribution in [3.63, 3.8) is 0 Å². The smallest absolute Gasteiger partial charge is 0.265 e. The largest absolute Gasteiger partial charge is 0.366 e. The van der Waals surface area contributed by atoms with E-state index in [2.05, 4.69) is 10.3 Å². The molecule has 0 bridgehead atoms. The highest BCUT2D eigenvalue weighted by atomic mass is 32.1. The quantitative estimate of drug-likeness (QED) is 0.552. The number of nitrogens with one attached hydrogen (secondary N) is 1. The number of thiophene rings is 1. The van der Waals surface area contributed by atoms with Gasteiger partial charge in [0.1, 0.15) is 5.01 Å². The van der Waals surface area contributed by atoms with Crippen LogP contribution in [0.4, 0.5) is 5.69 Å². The van der Waals surface area contributed by atoms with Crippen LogP contribution in [0.2, 0.25) is 0 Å². The first kappa shape index (κ1) is 16.4. The Morgan fingerprint density at radius 1 is 0.962 bits per heavy atom. The van der Waals surface area contributed by atoms with Crippen molar-refractivity contribution in [3.05, 3.63) is 71.1 Å². The second-order valence-electron chi connectivity index (χ2n) is 5.55. The van der Waals surface area contributed by atoms with E-state index in [1.807, 2.05) is 30.3 Å². The van der Waals surface area contributed by atoms with Gasteiger partial charge in [-0.05, 0) is 42.5 Å². The molecule has 2 heterocycles. The number of carbonyl (C=O) groups is 2. The first-order valence-electron chi connectivity index (χ1n) is 7.77. The summed E-state index contributed by atoms with van der Waals surface area (Å²) in [6, 6.07) is 18.2. The molecule has 4 aromatic rings. The SMILES string of the molecule is NC(=O)c1cccc(NC(=O)c2ccc(-c3nc4ccccc4s3)s2)c1. The van der Waals surface area contributed by atoms with E-state index >= 15 is 0 Å². The van der Waals surface area contributed by atoms with E-state index in [-0.39, 0.29) is 5.91 Å². The molecule has 0 fully saturated rings. The van der Waals surface area contributed by atoms with Gasteiger partial charge in [0.15, 0.2) is 0 Å². The molecule has 5 nitrogen and oxygen atoms in total. The lowest BCUT2D eigenvalue weighted by Crippen LogP contribution is -2.13. The Morgan fingerprint density at radius 2 is 1.81 bits per heavy atom. The average Bonchev–Trinajstić information content (AvgIpc) is 3.28. The first-order valence-corrected chi connectivity index (χ1v) is 9.40. The summed E-state index contributed by atoms with van der Waals surface area (Å²) in [6.07, 6.45) is 0. The number of fused-ring (bicyclic) bond motifs is 1. The Kier molecular flexibility index (Phi) is 4.24. The number of thiazole rings is 1. The van der Waals surface area contributed by atoms with Crippen molar-refractivity contribution >= 4 is 50.4 Å². The van der Waals surface area contributed by atoms with Gasteiger partial charge in [-0.25, -0.2) is 4.98 Å². The maximum Gasteiger partial charge on any atom is 0.265 e. The molecule has 7 heteroatoms. The molecular weight excluding hydrogens is 366 g/mol. The molecule has 4 rings (SSSR count). The van der Waals surface area contributed by atoms with Crippen LogP contribution in [-0.2, 0) is 0 Å². The number of aromatic nitrogens is 1. The lowest BCUT2D eigenvalue weighted by molar-refractivity contribution is 0.0996. The minimum Gasteiger partial charge on any atom is -0.366 e. The lowest BCUT2D eigenvalue weighted by Gasteiger charge is -2.04. The van der Waals surface area contributed by atoms with Gasteiger partial charge in [0.05, 0.1) is 20.0 Å². The second-order valence-corrected chi connectivity index (χ2v) is 7.66.